The number of aromatic nitrogens is 1. The lowest BCUT2D eigenvalue weighted by Gasteiger charge is -2.34. The Morgan fingerprint density at radius 1 is 1.16 bits per heavy atom. The van der Waals surface area contributed by atoms with Gasteiger partial charge in [0.1, 0.15) is 16.3 Å². The number of esters is 2. The molecule has 0 bridgehead atoms. The molecule has 0 aromatic carbocycles. The van der Waals surface area contributed by atoms with Gasteiger partial charge in [0.25, 0.3) is 5.91 Å². The summed E-state index contributed by atoms with van der Waals surface area (Å²) in [4.78, 5) is 55.2. The lowest BCUT2D eigenvalue weighted by Crippen LogP contribution is -2.44. The number of carbonyl (C=O) groups excluding carboxylic acids is 4. The zero-order valence-corrected chi connectivity index (χ0v) is 24.0. The minimum absolute atomic E-state index is 0.0402. The van der Waals surface area contributed by atoms with Gasteiger partial charge in [0, 0.05) is 37.9 Å². The zero-order chi connectivity index (χ0) is 27.9. The number of amides is 2. The third-order valence-electron chi connectivity index (χ3n) is 6.34. The standard InChI is InChI=1S/C26H41N3O7S/c1-15(2)20(29(7)25(33)36-26(4,5)6)13-21(35-16(3)30)23-28-19(14-37-23)22(31)27-18-11-9-17(10-12-18)24(32)34-8/h14-15,17-18,20-21H,9-13H2,1-8H3,(H,27,31). The Morgan fingerprint density at radius 2 is 1.78 bits per heavy atom. The number of methoxy groups -OCH3 is 1. The molecule has 1 saturated carbocycles. The molecule has 1 fully saturated rings. The molecule has 1 aliphatic rings. The minimum atomic E-state index is -0.725. The van der Waals surface area contributed by atoms with E-state index >= 15 is 0 Å². The van der Waals surface area contributed by atoms with Crippen molar-refractivity contribution in [1.29, 1.82) is 0 Å². The van der Waals surface area contributed by atoms with Gasteiger partial charge in [-0.15, -0.1) is 11.3 Å². The SMILES string of the molecule is COC(=O)C1CCC(NC(=O)c2csc(C(CC(C(C)C)N(C)C(=O)OC(C)(C)C)OC(C)=O)n2)CC1. The molecule has 0 aliphatic heterocycles. The highest BCUT2D eigenvalue weighted by atomic mass is 32.1. The number of hydrogen-bond donors (Lipinski definition) is 1. The molecule has 0 saturated heterocycles. The minimum Gasteiger partial charge on any atom is -0.469 e. The molecule has 37 heavy (non-hydrogen) atoms. The van der Waals surface area contributed by atoms with Crippen LogP contribution in [-0.2, 0) is 23.8 Å². The summed E-state index contributed by atoms with van der Waals surface area (Å²) < 4.78 is 15.9. The Labute approximate surface area is 223 Å². The Hall–Kier alpha value is -2.69. The lowest BCUT2D eigenvalue weighted by molar-refractivity contribution is -0.148. The molecule has 1 aliphatic carbocycles. The normalized spacial score (nSPS) is 19.5. The summed E-state index contributed by atoms with van der Waals surface area (Å²) in [5, 5.41) is 5.12. The molecule has 0 spiro atoms. The monoisotopic (exact) mass is 539 g/mol. The average Bonchev–Trinajstić information content (AvgIpc) is 3.30. The number of nitrogens with one attached hydrogen (secondary N) is 1. The second-order valence-corrected chi connectivity index (χ2v) is 11.7. The fraction of sp³-hybridized carbons (Fsp3) is 0.731. The fourth-order valence-electron chi connectivity index (χ4n) is 4.41. The first-order valence-electron chi connectivity index (χ1n) is 12.7. The van der Waals surface area contributed by atoms with E-state index in [0.717, 1.165) is 0 Å². The van der Waals surface area contributed by atoms with E-state index in [0.29, 0.717) is 37.1 Å². The molecule has 10 nitrogen and oxygen atoms in total. The Morgan fingerprint density at radius 3 is 2.30 bits per heavy atom. The quantitative estimate of drug-likeness (QED) is 0.360. The smallest absolute Gasteiger partial charge is 0.410 e. The van der Waals surface area contributed by atoms with Crippen LogP contribution in [0.2, 0.25) is 0 Å². The molecule has 1 N–H and O–H groups in total. The molecule has 2 amide bonds. The van der Waals surface area contributed by atoms with E-state index in [2.05, 4.69) is 10.3 Å². The molecule has 1 heterocycles. The number of ether oxygens (including phenoxy) is 3. The average molecular weight is 540 g/mol. The van der Waals surface area contributed by atoms with Crippen LogP contribution < -0.4 is 5.32 Å². The molecular formula is C26H41N3O7S. The van der Waals surface area contributed by atoms with Crippen LogP contribution in [0.4, 0.5) is 4.79 Å². The summed E-state index contributed by atoms with van der Waals surface area (Å²) in [5.41, 5.74) is -0.396. The van der Waals surface area contributed by atoms with Crippen molar-refractivity contribution in [3.05, 3.63) is 16.1 Å². The molecular weight excluding hydrogens is 498 g/mol. The van der Waals surface area contributed by atoms with Crippen LogP contribution in [0.1, 0.15) is 95.2 Å². The fourth-order valence-corrected chi connectivity index (χ4v) is 5.24. The maximum atomic E-state index is 12.9. The topological polar surface area (TPSA) is 124 Å². The van der Waals surface area contributed by atoms with Gasteiger partial charge in [0.15, 0.2) is 6.10 Å². The third-order valence-corrected chi connectivity index (χ3v) is 7.28. The van der Waals surface area contributed by atoms with Gasteiger partial charge in [0.05, 0.1) is 13.0 Å². The predicted octanol–water partition coefficient (Wildman–Crippen LogP) is 4.49. The van der Waals surface area contributed by atoms with Gasteiger partial charge in [-0.1, -0.05) is 13.8 Å². The van der Waals surface area contributed by atoms with E-state index in [-0.39, 0.29) is 41.5 Å². The van der Waals surface area contributed by atoms with Crippen molar-refractivity contribution in [3.8, 4) is 0 Å². The molecule has 208 valence electrons. The predicted molar refractivity (Wildman–Crippen MR) is 139 cm³/mol. The Kier molecular flexibility index (Phi) is 10.9. The van der Waals surface area contributed by atoms with Gasteiger partial charge in [0.2, 0.25) is 0 Å². The van der Waals surface area contributed by atoms with Crippen molar-refractivity contribution >= 4 is 35.3 Å². The van der Waals surface area contributed by atoms with Crippen molar-refractivity contribution in [2.45, 2.75) is 97.4 Å². The van der Waals surface area contributed by atoms with Crippen LogP contribution >= 0.6 is 11.3 Å². The number of hydrogen-bond acceptors (Lipinski definition) is 9. The van der Waals surface area contributed by atoms with Crippen molar-refractivity contribution in [1.82, 2.24) is 15.2 Å². The summed E-state index contributed by atoms with van der Waals surface area (Å²) in [6.07, 6.45) is 1.81. The summed E-state index contributed by atoms with van der Waals surface area (Å²) in [7, 11) is 3.05. The molecule has 2 atom stereocenters. The molecule has 1 aromatic heterocycles. The van der Waals surface area contributed by atoms with Crippen molar-refractivity contribution in [2.75, 3.05) is 14.2 Å². The largest absolute Gasteiger partial charge is 0.469 e. The van der Waals surface area contributed by atoms with Crippen LogP contribution in [0.5, 0.6) is 0 Å². The first-order valence-corrected chi connectivity index (χ1v) is 13.6. The van der Waals surface area contributed by atoms with Gasteiger partial charge in [-0.25, -0.2) is 9.78 Å². The summed E-state index contributed by atoms with van der Waals surface area (Å²) in [6.45, 7) is 10.7. The maximum Gasteiger partial charge on any atom is 0.410 e. The third kappa shape index (κ3) is 9.28. The van der Waals surface area contributed by atoms with Crippen molar-refractivity contribution < 1.29 is 33.4 Å². The van der Waals surface area contributed by atoms with Gasteiger partial charge in [-0.3, -0.25) is 14.4 Å². The van der Waals surface area contributed by atoms with E-state index in [4.69, 9.17) is 14.2 Å². The highest BCUT2D eigenvalue weighted by Gasteiger charge is 2.33. The highest BCUT2D eigenvalue weighted by Crippen LogP contribution is 2.31. The van der Waals surface area contributed by atoms with Gasteiger partial charge in [-0.2, -0.15) is 0 Å². The molecule has 2 unspecified atom stereocenters. The van der Waals surface area contributed by atoms with Crippen LogP contribution in [-0.4, -0.2) is 65.7 Å². The second-order valence-electron chi connectivity index (χ2n) is 10.9. The molecule has 11 heteroatoms. The van der Waals surface area contributed by atoms with Crippen molar-refractivity contribution in [3.63, 3.8) is 0 Å². The first kappa shape index (κ1) is 30.5. The number of rotatable bonds is 9. The van der Waals surface area contributed by atoms with E-state index in [1.54, 1.807) is 33.2 Å². The summed E-state index contributed by atoms with van der Waals surface area (Å²) >= 11 is 1.24. The lowest BCUT2D eigenvalue weighted by atomic mass is 9.86. The van der Waals surface area contributed by atoms with E-state index in [1.807, 2.05) is 13.8 Å². The summed E-state index contributed by atoms with van der Waals surface area (Å²) in [5.74, 6) is -1.07. The zero-order valence-electron chi connectivity index (χ0n) is 23.2. The van der Waals surface area contributed by atoms with Crippen molar-refractivity contribution in [2.24, 2.45) is 11.8 Å². The van der Waals surface area contributed by atoms with Crippen LogP contribution in [0.15, 0.2) is 5.38 Å². The van der Waals surface area contributed by atoms with Gasteiger partial charge in [-0.05, 0) is 52.4 Å². The van der Waals surface area contributed by atoms with E-state index in [1.165, 1.54) is 30.3 Å². The first-order chi connectivity index (χ1) is 17.2. The molecule has 2 rings (SSSR count). The van der Waals surface area contributed by atoms with Gasteiger partial charge >= 0.3 is 18.0 Å². The van der Waals surface area contributed by atoms with Crippen LogP contribution in [0.3, 0.4) is 0 Å². The number of nitrogens with zero attached hydrogens (tertiary/aromatic N) is 2. The number of carbonyl (C=O) groups is 4. The molecule has 0 radical (unpaired) electrons. The van der Waals surface area contributed by atoms with E-state index in [9.17, 15) is 19.2 Å². The maximum absolute atomic E-state index is 12.9. The van der Waals surface area contributed by atoms with E-state index < -0.39 is 23.8 Å². The number of thiazole rings is 1. The Balaban J connectivity index is 2.11. The van der Waals surface area contributed by atoms with Gasteiger partial charge < -0.3 is 24.4 Å². The second kappa shape index (κ2) is 13.2. The summed E-state index contributed by atoms with van der Waals surface area (Å²) in [6, 6.07) is -0.346. The van der Waals surface area contributed by atoms with Crippen LogP contribution in [0.25, 0.3) is 0 Å². The Bertz CT molecular complexity index is 948. The van der Waals surface area contributed by atoms with Crippen LogP contribution in [0, 0.1) is 11.8 Å². The molecule has 1 aromatic rings. The highest BCUT2D eigenvalue weighted by molar-refractivity contribution is 7.09.